The molecule has 2 aromatic rings. The molecule has 2 rings (SSSR count). The molecule has 2 N–H and O–H groups in total. The minimum Gasteiger partial charge on any atom is -0.444 e. The molecule has 0 radical (unpaired) electrons. The highest BCUT2D eigenvalue weighted by atomic mass is 16.6. The van der Waals surface area contributed by atoms with Crippen molar-refractivity contribution in [1.82, 2.24) is 10.6 Å². The number of ether oxygens (including phenoxy) is 1. The van der Waals surface area contributed by atoms with Crippen LogP contribution in [0.4, 0.5) is 4.79 Å². The largest absolute Gasteiger partial charge is 0.444 e. The number of carbonyl (C=O) groups is 1. The number of carbonyl (C=O) groups excluding carboxylic acids is 1. The van der Waals surface area contributed by atoms with Crippen molar-refractivity contribution in [2.24, 2.45) is 0 Å². The van der Waals surface area contributed by atoms with Crippen molar-refractivity contribution in [2.45, 2.75) is 65.1 Å². The first-order chi connectivity index (χ1) is 13.2. The highest BCUT2D eigenvalue weighted by Crippen LogP contribution is 2.14. The smallest absolute Gasteiger partial charge is 0.407 e. The molecule has 0 aliphatic carbocycles. The Morgan fingerprint density at radius 2 is 1.68 bits per heavy atom. The molecule has 0 heterocycles. The zero-order valence-corrected chi connectivity index (χ0v) is 17.8. The van der Waals surface area contributed by atoms with Crippen molar-refractivity contribution < 1.29 is 9.53 Å². The van der Waals surface area contributed by atoms with Crippen molar-refractivity contribution in [1.29, 1.82) is 0 Å². The summed E-state index contributed by atoms with van der Waals surface area (Å²) >= 11 is 0. The number of nitrogens with one attached hydrogen (secondary N) is 2. The fourth-order valence-electron chi connectivity index (χ4n) is 3.21. The van der Waals surface area contributed by atoms with E-state index >= 15 is 0 Å². The second kappa shape index (κ2) is 10.3. The van der Waals surface area contributed by atoms with E-state index in [-0.39, 0.29) is 6.09 Å². The fourth-order valence-corrected chi connectivity index (χ4v) is 3.21. The maximum Gasteiger partial charge on any atom is 0.407 e. The Labute approximate surface area is 169 Å². The number of hydrogen-bond donors (Lipinski definition) is 2. The Morgan fingerprint density at radius 3 is 2.36 bits per heavy atom. The van der Waals surface area contributed by atoms with E-state index in [1.54, 1.807) is 0 Å². The molecule has 0 spiro atoms. The van der Waals surface area contributed by atoms with Gasteiger partial charge in [0.1, 0.15) is 5.60 Å². The van der Waals surface area contributed by atoms with E-state index in [4.69, 9.17) is 4.74 Å². The molecule has 2 aromatic carbocycles. The van der Waals surface area contributed by atoms with Crippen molar-refractivity contribution >= 4 is 6.09 Å². The molecule has 1 amide bonds. The van der Waals surface area contributed by atoms with Crippen LogP contribution in [-0.4, -0.2) is 24.3 Å². The van der Waals surface area contributed by atoms with Crippen LogP contribution >= 0.6 is 0 Å². The van der Waals surface area contributed by atoms with Crippen LogP contribution in [0.1, 0.15) is 57.4 Å². The Kier molecular flexibility index (Phi) is 8.06. The highest BCUT2D eigenvalue weighted by Gasteiger charge is 2.15. The standard InChI is InChI=1S/C24H34N2O2/c1-18(26-19(2)22-12-7-6-8-13-22)16-21-11-9-10-20(17-21)14-15-25-23(27)28-24(3,4)5/h6-13,17-19,26H,14-16H2,1-5H3,(H,25,27)/t18?,19-/m1/s1. The summed E-state index contributed by atoms with van der Waals surface area (Å²) < 4.78 is 5.27. The predicted octanol–water partition coefficient (Wildman–Crippen LogP) is 5.04. The lowest BCUT2D eigenvalue weighted by molar-refractivity contribution is 0.0528. The predicted molar refractivity (Wildman–Crippen MR) is 116 cm³/mol. The Hall–Kier alpha value is -2.33. The normalized spacial score (nSPS) is 13.6. The van der Waals surface area contributed by atoms with Crippen LogP contribution in [0.3, 0.4) is 0 Å². The fraction of sp³-hybridized carbons (Fsp3) is 0.458. The van der Waals surface area contributed by atoms with E-state index in [0.717, 1.165) is 12.8 Å². The summed E-state index contributed by atoms with van der Waals surface area (Å²) in [5, 5.41) is 6.49. The number of rotatable bonds is 8. The number of alkyl carbamates (subject to hydrolysis) is 1. The molecule has 152 valence electrons. The molecule has 0 aliphatic heterocycles. The minimum atomic E-state index is -0.468. The van der Waals surface area contributed by atoms with Crippen LogP contribution in [0.15, 0.2) is 54.6 Å². The zero-order valence-electron chi connectivity index (χ0n) is 17.8. The third-order valence-corrected chi connectivity index (χ3v) is 4.45. The lowest BCUT2D eigenvalue weighted by Gasteiger charge is -2.21. The van der Waals surface area contributed by atoms with Crippen LogP contribution in [0, 0.1) is 0 Å². The maximum absolute atomic E-state index is 11.7. The average Bonchev–Trinajstić information content (AvgIpc) is 2.61. The van der Waals surface area contributed by atoms with E-state index < -0.39 is 5.60 Å². The van der Waals surface area contributed by atoms with E-state index in [1.807, 2.05) is 26.8 Å². The summed E-state index contributed by atoms with van der Waals surface area (Å²) in [6.45, 7) is 10.6. The van der Waals surface area contributed by atoms with Gasteiger partial charge in [-0.15, -0.1) is 0 Å². The lowest BCUT2D eigenvalue weighted by atomic mass is 10.0. The summed E-state index contributed by atoms with van der Waals surface area (Å²) in [4.78, 5) is 11.7. The van der Waals surface area contributed by atoms with Crippen LogP contribution in [0.5, 0.6) is 0 Å². The SMILES string of the molecule is CC(Cc1cccc(CCNC(=O)OC(C)(C)C)c1)N[C@H](C)c1ccccc1. The van der Waals surface area contributed by atoms with E-state index in [2.05, 4.69) is 73.0 Å². The molecule has 0 aliphatic rings. The van der Waals surface area contributed by atoms with Gasteiger partial charge in [0, 0.05) is 18.6 Å². The Bertz CT molecular complexity index is 738. The molecule has 2 atom stereocenters. The van der Waals surface area contributed by atoms with Crippen LogP contribution in [0.25, 0.3) is 0 Å². The van der Waals surface area contributed by atoms with Gasteiger partial charge in [0.05, 0.1) is 0 Å². The Morgan fingerprint density at radius 1 is 1.00 bits per heavy atom. The van der Waals surface area contributed by atoms with Gasteiger partial charge in [-0.2, -0.15) is 0 Å². The first kappa shape index (κ1) is 22.0. The molecule has 28 heavy (non-hydrogen) atoms. The van der Waals surface area contributed by atoms with Crippen LogP contribution in [0.2, 0.25) is 0 Å². The van der Waals surface area contributed by atoms with Gasteiger partial charge >= 0.3 is 6.09 Å². The van der Waals surface area contributed by atoms with Crippen molar-refractivity contribution in [3.05, 3.63) is 71.3 Å². The van der Waals surface area contributed by atoms with Crippen molar-refractivity contribution in [3.8, 4) is 0 Å². The first-order valence-corrected chi connectivity index (χ1v) is 10.1. The zero-order chi connectivity index (χ0) is 20.6. The topological polar surface area (TPSA) is 50.4 Å². The van der Waals surface area contributed by atoms with E-state index in [9.17, 15) is 4.79 Å². The summed E-state index contributed by atoms with van der Waals surface area (Å²) in [7, 11) is 0. The molecule has 0 fully saturated rings. The monoisotopic (exact) mass is 382 g/mol. The molecule has 0 bridgehead atoms. The van der Waals surface area contributed by atoms with Gasteiger partial charge in [-0.05, 0) is 64.2 Å². The van der Waals surface area contributed by atoms with Gasteiger partial charge in [-0.25, -0.2) is 4.79 Å². The molecule has 0 saturated carbocycles. The molecule has 1 unspecified atom stereocenters. The second-order valence-corrected chi connectivity index (χ2v) is 8.40. The summed E-state index contributed by atoms with van der Waals surface area (Å²) in [6, 6.07) is 19.8. The lowest BCUT2D eigenvalue weighted by Crippen LogP contribution is -2.33. The van der Waals surface area contributed by atoms with Gasteiger partial charge in [-0.3, -0.25) is 0 Å². The third-order valence-electron chi connectivity index (χ3n) is 4.45. The quantitative estimate of drug-likeness (QED) is 0.673. The maximum atomic E-state index is 11.7. The number of benzene rings is 2. The summed E-state index contributed by atoms with van der Waals surface area (Å²) in [5.74, 6) is 0. The summed E-state index contributed by atoms with van der Waals surface area (Å²) in [6.07, 6.45) is 1.39. The molecule has 4 nitrogen and oxygen atoms in total. The first-order valence-electron chi connectivity index (χ1n) is 10.1. The summed E-state index contributed by atoms with van der Waals surface area (Å²) in [5.41, 5.74) is 3.35. The number of amides is 1. The van der Waals surface area contributed by atoms with E-state index in [0.29, 0.717) is 18.6 Å². The van der Waals surface area contributed by atoms with Gasteiger partial charge in [0.15, 0.2) is 0 Å². The van der Waals surface area contributed by atoms with Gasteiger partial charge in [0.2, 0.25) is 0 Å². The molecule has 4 heteroatoms. The average molecular weight is 383 g/mol. The van der Waals surface area contributed by atoms with Gasteiger partial charge in [-0.1, -0.05) is 54.6 Å². The second-order valence-electron chi connectivity index (χ2n) is 8.40. The van der Waals surface area contributed by atoms with Crippen molar-refractivity contribution in [3.63, 3.8) is 0 Å². The molecular formula is C24H34N2O2. The van der Waals surface area contributed by atoms with Crippen LogP contribution in [-0.2, 0) is 17.6 Å². The minimum absolute atomic E-state index is 0.317. The highest BCUT2D eigenvalue weighted by molar-refractivity contribution is 5.67. The third kappa shape index (κ3) is 8.13. The van der Waals surface area contributed by atoms with Gasteiger partial charge in [0.25, 0.3) is 0 Å². The molecular weight excluding hydrogens is 348 g/mol. The van der Waals surface area contributed by atoms with Crippen molar-refractivity contribution in [2.75, 3.05) is 6.54 Å². The van der Waals surface area contributed by atoms with E-state index in [1.165, 1.54) is 16.7 Å². The molecule has 0 aromatic heterocycles. The van der Waals surface area contributed by atoms with Gasteiger partial charge < -0.3 is 15.4 Å². The van der Waals surface area contributed by atoms with Crippen LogP contribution < -0.4 is 10.6 Å². The Balaban J connectivity index is 1.81. The number of hydrogen-bond acceptors (Lipinski definition) is 3. The molecule has 0 saturated heterocycles.